The molecule has 84 valence electrons. The summed E-state index contributed by atoms with van der Waals surface area (Å²) < 4.78 is 0. The molecule has 0 saturated heterocycles. The van der Waals surface area contributed by atoms with E-state index >= 15 is 0 Å². The normalized spacial score (nSPS) is 9.75. The van der Waals surface area contributed by atoms with Crippen LogP contribution in [0.3, 0.4) is 0 Å². The zero-order chi connectivity index (χ0) is 11.8. The molecule has 0 spiro atoms. The summed E-state index contributed by atoms with van der Waals surface area (Å²) in [5.41, 5.74) is 1.19. The topological polar surface area (TPSA) is 61.1 Å². The standard InChI is InChI=1S/C12H13NO2S/c13-8-10-2-4-11(5-3-10)12(15)9-16-7-1-6-14/h2-5,14H,1,6-7,9H2. The number of rotatable bonds is 6. The smallest absolute Gasteiger partial charge is 0.172 e. The van der Waals surface area contributed by atoms with Crippen LogP contribution in [0, 0.1) is 11.3 Å². The number of carbonyl (C=O) groups is 1. The van der Waals surface area contributed by atoms with Crippen LogP contribution in [0.2, 0.25) is 0 Å². The van der Waals surface area contributed by atoms with Gasteiger partial charge in [0.1, 0.15) is 0 Å². The van der Waals surface area contributed by atoms with Gasteiger partial charge in [0.05, 0.1) is 17.4 Å². The van der Waals surface area contributed by atoms with E-state index in [2.05, 4.69) is 0 Å². The van der Waals surface area contributed by atoms with E-state index in [9.17, 15) is 4.79 Å². The summed E-state index contributed by atoms with van der Waals surface area (Å²) in [5.74, 6) is 1.28. The van der Waals surface area contributed by atoms with Crippen molar-refractivity contribution in [2.45, 2.75) is 6.42 Å². The quantitative estimate of drug-likeness (QED) is 0.604. The highest BCUT2D eigenvalue weighted by Gasteiger charge is 2.05. The van der Waals surface area contributed by atoms with Crippen LogP contribution >= 0.6 is 11.8 Å². The second-order valence-corrected chi connectivity index (χ2v) is 4.35. The molecule has 0 saturated carbocycles. The van der Waals surface area contributed by atoms with Crippen LogP contribution in [0.15, 0.2) is 24.3 Å². The lowest BCUT2D eigenvalue weighted by Gasteiger charge is -2.00. The molecule has 0 unspecified atom stereocenters. The summed E-state index contributed by atoms with van der Waals surface area (Å²) in [6.45, 7) is 0.165. The van der Waals surface area contributed by atoms with Gasteiger partial charge in [0, 0.05) is 12.2 Å². The summed E-state index contributed by atoms with van der Waals surface area (Å²) in [6, 6.07) is 8.65. The number of nitrogens with zero attached hydrogens (tertiary/aromatic N) is 1. The van der Waals surface area contributed by atoms with Crippen LogP contribution in [-0.4, -0.2) is 29.0 Å². The number of ketones is 1. The Morgan fingerprint density at radius 2 is 2.06 bits per heavy atom. The molecule has 1 rings (SSSR count). The first-order valence-corrected chi connectivity index (χ1v) is 6.15. The van der Waals surface area contributed by atoms with Gasteiger partial charge in [0.15, 0.2) is 5.78 Å². The van der Waals surface area contributed by atoms with Crippen LogP contribution in [-0.2, 0) is 0 Å². The highest BCUT2D eigenvalue weighted by molar-refractivity contribution is 7.99. The molecule has 0 aliphatic rings. The molecule has 0 aliphatic heterocycles. The van der Waals surface area contributed by atoms with Gasteiger partial charge >= 0.3 is 0 Å². The Hall–Kier alpha value is -1.31. The fourth-order valence-electron chi connectivity index (χ4n) is 1.15. The molecule has 16 heavy (non-hydrogen) atoms. The number of aliphatic hydroxyl groups is 1. The summed E-state index contributed by atoms with van der Waals surface area (Å²) in [5, 5.41) is 17.2. The van der Waals surface area contributed by atoms with Gasteiger partial charge in [-0.05, 0) is 24.3 Å². The van der Waals surface area contributed by atoms with E-state index in [1.807, 2.05) is 6.07 Å². The maximum absolute atomic E-state index is 11.6. The number of hydrogen-bond acceptors (Lipinski definition) is 4. The van der Waals surface area contributed by atoms with E-state index in [0.717, 1.165) is 5.75 Å². The minimum absolute atomic E-state index is 0.0624. The first kappa shape index (κ1) is 12.8. The molecule has 0 amide bonds. The Bertz CT molecular complexity index is 381. The molecule has 0 aliphatic carbocycles. The third-order valence-corrected chi connectivity index (χ3v) is 3.06. The molecule has 1 N–H and O–H groups in total. The van der Waals surface area contributed by atoms with E-state index in [1.54, 1.807) is 24.3 Å². The highest BCUT2D eigenvalue weighted by Crippen LogP contribution is 2.09. The Labute approximate surface area is 99.1 Å². The van der Waals surface area contributed by atoms with Crippen molar-refractivity contribution in [1.29, 1.82) is 5.26 Å². The maximum atomic E-state index is 11.6. The lowest BCUT2D eigenvalue weighted by molar-refractivity contribution is 0.102. The molecule has 0 aromatic heterocycles. The number of Topliss-reactive ketones (excluding diaryl/α,β-unsaturated/α-hetero) is 1. The number of carbonyl (C=O) groups excluding carboxylic acids is 1. The fourth-order valence-corrected chi connectivity index (χ4v) is 1.98. The van der Waals surface area contributed by atoms with Crippen molar-refractivity contribution < 1.29 is 9.90 Å². The lowest BCUT2D eigenvalue weighted by atomic mass is 10.1. The molecule has 1 aromatic rings. The maximum Gasteiger partial charge on any atom is 0.172 e. The van der Waals surface area contributed by atoms with Gasteiger partial charge in [-0.25, -0.2) is 0 Å². The Morgan fingerprint density at radius 3 is 2.62 bits per heavy atom. The van der Waals surface area contributed by atoms with Crippen molar-refractivity contribution in [3.63, 3.8) is 0 Å². The van der Waals surface area contributed by atoms with E-state index in [-0.39, 0.29) is 12.4 Å². The zero-order valence-corrected chi connectivity index (χ0v) is 9.67. The molecule has 0 fully saturated rings. The predicted molar refractivity (Wildman–Crippen MR) is 64.5 cm³/mol. The van der Waals surface area contributed by atoms with Gasteiger partial charge in [-0.1, -0.05) is 12.1 Å². The van der Waals surface area contributed by atoms with E-state index in [0.29, 0.717) is 23.3 Å². The van der Waals surface area contributed by atoms with Crippen molar-refractivity contribution in [3.8, 4) is 6.07 Å². The Balaban J connectivity index is 2.44. The van der Waals surface area contributed by atoms with Gasteiger partial charge < -0.3 is 5.11 Å². The molecular weight excluding hydrogens is 222 g/mol. The Kier molecular flexibility index (Phi) is 5.62. The first-order chi connectivity index (χ1) is 7.77. The van der Waals surface area contributed by atoms with E-state index in [4.69, 9.17) is 10.4 Å². The van der Waals surface area contributed by atoms with Crippen molar-refractivity contribution in [2.75, 3.05) is 18.1 Å². The minimum atomic E-state index is 0.0624. The molecule has 0 bridgehead atoms. The molecule has 0 heterocycles. The van der Waals surface area contributed by atoms with Gasteiger partial charge in [-0.3, -0.25) is 4.79 Å². The van der Waals surface area contributed by atoms with Crippen molar-refractivity contribution >= 4 is 17.5 Å². The van der Waals surface area contributed by atoms with Crippen LogP contribution in [0.1, 0.15) is 22.3 Å². The van der Waals surface area contributed by atoms with E-state index < -0.39 is 0 Å². The van der Waals surface area contributed by atoms with Gasteiger partial charge in [-0.2, -0.15) is 17.0 Å². The molecule has 0 atom stereocenters. The minimum Gasteiger partial charge on any atom is -0.396 e. The van der Waals surface area contributed by atoms with Crippen LogP contribution in [0.5, 0.6) is 0 Å². The van der Waals surface area contributed by atoms with Gasteiger partial charge in [0.25, 0.3) is 0 Å². The summed E-state index contributed by atoms with van der Waals surface area (Å²) in [6.07, 6.45) is 0.714. The summed E-state index contributed by atoms with van der Waals surface area (Å²) >= 11 is 1.52. The molecule has 1 aromatic carbocycles. The first-order valence-electron chi connectivity index (χ1n) is 5.00. The molecule has 4 heteroatoms. The summed E-state index contributed by atoms with van der Waals surface area (Å²) in [4.78, 5) is 11.6. The number of thioether (sulfide) groups is 1. The van der Waals surface area contributed by atoms with Gasteiger partial charge in [-0.15, -0.1) is 0 Å². The van der Waals surface area contributed by atoms with E-state index in [1.165, 1.54) is 11.8 Å². The zero-order valence-electron chi connectivity index (χ0n) is 8.85. The third-order valence-electron chi connectivity index (χ3n) is 2.02. The van der Waals surface area contributed by atoms with Crippen molar-refractivity contribution in [1.82, 2.24) is 0 Å². The predicted octanol–water partition coefficient (Wildman–Crippen LogP) is 1.86. The lowest BCUT2D eigenvalue weighted by Crippen LogP contribution is -2.03. The fraction of sp³-hybridized carbons (Fsp3) is 0.333. The number of benzene rings is 1. The molecule has 3 nitrogen and oxygen atoms in total. The number of aliphatic hydroxyl groups excluding tert-OH is 1. The molecule has 0 radical (unpaired) electrons. The number of hydrogen-bond donors (Lipinski definition) is 1. The second-order valence-electron chi connectivity index (χ2n) is 3.24. The SMILES string of the molecule is N#Cc1ccc(C(=O)CSCCCO)cc1. The average Bonchev–Trinajstić information content (AvgIpc) is 2.34. The van der Waals surface area contributed by atoms with Crippen LogP contribution in [0.25, 0.3) is 0 Å². The molecular formula is C12H13NO2S. The third kappa shape index (κ3) is 4.05. The second kappa shape index (κ2) is 7.04. The largest absolute Gasteiger partial charge is 0.396 e. The van der Waals surface area contributed by atoms with Crippen LogP contribution in [0.4, 0.5) is 0 Å². The van der Waals surface area contributed by atoms with Crippen molar-refractivity contribution in [2.24, 2.45) is 0 Å². The van der Waals surface area contributed by atoms with Crippen molar-refractivity contribution in [3.05, 3.63) is 35.4 Å². The Morgan fingerprint density at radius 1 is 1.38 bits per heavy atom. The highest BCUT2D eigenvalue weighted by atomic mass is 32.2. The summed E-state index contributed by atoms with van der Waals surface area (Å²) in [7, 11) is 0. The number of nitriles is 1. The van der Waals surface area contributed by atoms with Gasteiger partial charge in [0.2, 0.25) is 0 Å². The monoisotopic (exact) mass is 235 g/mol. The van der Waals surface area contributed by atoms with Crippen LogP contribution < -0.4 is 0 Å². The average molecular weight is 235 g/mol.